The summed E-state index contributed by atoms with van der Waals surface area (Å²) < 4.78 is 0. The van der Waals surface area contributed by atoms with Gasteiger partial charge < -0.3 is 0 Å². The number of hydrogen-bond acceptors (Lipinski definition) is 3. The highest BCUT2D eigenvalue weighted by molar-refractivity contribution is 6.29. The molecule has 0 aromatic carbocycles. The summed E-state index contributed by atoms with van der Waals surface area (Å²) in [6.07, 6.45) is 12.1. The summed E-state index contributed by atoms with van der Waals surface area (Å²) in [7, 11) is 0. The molecule has 2 aromatic rings. The third-order valence-corrected chi connectivity index (χ3v) is 5.83. The number of aromatic nitrogens is 2. The van der Waals surface area contributed by atoms with Crippen LogP contribution in [0.3, 0.4) is 0 Å². The highest BCUT2D eigenvalue weighted by Gasteiger charge is 2.28. The van der Waals surface area contributed by atoms with Crippen LogP contribution in [0.25, 0.3) is 11.1 Å². The van der Waals surface area contributed by atoms with Crippen molar-refractivity contribution in [3.05, 3.63) is 46.0 Å². The molecular weight excluding hydrogens is 330 g/mol. The molecule has 4 heteroatoms. The summed E-state index contributed by atoms with van der Waals surface area (Å²) in [6, 6.07) is 6.37. The van der Waals surface area contributed by atoms with Crippen LogP contribution in [0.15, 0.2) is 18.3 Å². The lowest BCUT2D eigenvalue weighted by atomic mass is 9.87. The van der Waals surface area contributed by atoms with Gasteiger partial charge >= 0.3 is 0 Å². The summed E-state index contributed by atoms with van der Waals surface area (Å²) in [5.74, 6) is 0.430. The number of rotatable bonds is 2. The van der Waals surface area contributed by atoms with Crippen LogP contribution < -0.4 is 0 Å². The number of nitrogens with zero attached hydrogens (tertiary/aromatic N) is 3. The van der Waals surface area contributed by atoms with Crippen molar-refractivity contribution in [3.8, 4) is 17.2 Å². The molecule has 0 amide bonds. The van der Waals surface area contributed by atoms with Crippen molar-refractivity contribution in [1.82, 2.24) is 9.97 Å². The first-order valence-corrected chi connectivity index (χ1v) is 9.73. The summed E-state index contributed by atoms with van der Waals surface area (Å²) in [5.41, 5.74) is 6.36. The van der Waals surface area contributed by atoms with Gasteiger partial charge in [0.2, 0.25) is 0 Å². The second-order valence-corrected chi connectivity index (χ2v) is 7.58. The lowest BCUT2D eigenvalue weighted by Crippen LogP contribution is -2.10. The van der Waals surface area contributed by atoms with Gasteiger partial charge in [0.1, 0.15) is 11.2 Å². The summed E-state index contributed by atoms with van der Waals surface area (Å²) in [4.78, 5) is 9.18. The van der Waals surface area contributed by atoms with E-state index in [1.165, 1.54) is 36.9 Å². The van der Waals surface area contributed by atoms with Gasteiger partial charge in [-0.2, -0.15) is 5.26 Å². The van der Waals surface area contributed by atoms with Gasteiger partial charge in [0.25, 0.3) is 0 Å². The van der Waals surface area contributed by atoms with Crippen LogP contribution in [0, 0.1) is 11.3 Å². The van der Waals surface area contributed by atoms with Gasteiger partial charge in [0, 0.05) is 23.4 Å². The third-order valence-electron chi connectivity index (χ3n) is 5.62. The average Bonchev–Trinajstić information content (AvgIpc) is 3.05. The van der Waals surface area contributed by atoms with E-state index in [2.05, 4.69) is 11.1 Å². The minimum absolute atomic E-state index is 0.430. The molecule has 2 aromatic heterocycles. The molecule has 0 N–H and O–H groups in total. The standard InChI is InChI=1S/C21H22ClN3/c22-19-12-15(10-11-24-19)20-16-8-2-1-3-9-18(16)25-21(17(20)13-23)14-6-4-5-7-14/h10-12,14H,1-9H2. The predicted octanol–water partition coefficient (Wildman–Crippen LogP) is 5.60. The first-order chi connectivity index (χ1) is 12.3. The van der Waals surface area contributed by atoms with Crippen molar-refractivity contribution in [2.45, 2.75) is 63.7 Å². The zero-order chi connectivity index (χ0) is 17.2. The van der Waals surface area contributed by atoms with Crippen molar-refractivity contribution in [2.75, 3.05) is 0 Å². The molecule has 128 valence electrons. The van der Waals surface area contributed by atoms with Gasteiger partial charge in [0.05, 0.1) is 11.3 Å². The molecule has 0 radical (unpaired) electrons. The minimum atomic E-state index is 0.430. The molecule has 0 saturated heterocycles. The van der Waals surface area contributed by atoms with E-state index < -0.39 is 0 Å². The molecule has 1 fully saturated rings. The van der Waals surface area contributed by atoms with Crippen molar-refractivity contribution >= 4 is 11.6 Å². The number of aryl methyl sites for hydroxylation is 1. The number of hydrogen-bond donors (Lipinski definition) is 0. The van der Waals surface area contributed by atoms with Gasteiger partial charge in [-0.25, -0.2) is 4.98 Å². The quantitative estimate of drug-likeness (QED) is 0.523. The minimum Gasteiger partial charge on any atom is -0.256 e. The van der Waals surface area contributed by atoms with E-state index in [9.17, 15) is 5.26 Å². The lowest BCUT2D eigenvalue weighted by molar-refractivity contribution is 0.681. The smallest absolute Gasteiger partial charge is 0.129 e. The molecule has 0 atom stereocenters. The number of pyridine rings is 2. The van der Waals surface area contributed by atoms with E-state index in [0.29, 0.717) is 11.1 Å². The maximum atomic E-state index is 10.0. The van der Waals surface area contributed by atoms with Gasteiger partial charge in [-0.1, -0.05) is 30.9 Å². The van der Waals surface area contributed by atoms with Crippen LogP contribution in [0.2, 0.25) is 5.15 Å². The van der Waals surface area contributed by atoms with E-state index in [1.807, 2.05) is 12.1 Å². The number of fused-ring (bicyclic) bond motifs is 1. The Hall–Kier alpha value is -1.92. The Kier molecular flexibility index (Phi) is 4.72. The summed E-state index contributed by atoms with van der Waals surface area (Å²) in [5, 5.41) is 10.5. The first kappa shape index (κ1) is 16.5. The van der Waals surface area contributed by atoms with E-state index in [-0.39, 0.29) is 0 Å². The highest BCUT2D eigenvalue weighted by atomic mass is 35.5. The molecule has 2 aliphatic rings. The molecule has 2 aliphatic carbocycles. The van der Waals surface area contributed by atoms with Gasteiger partial charge in [-0.3, -0.25) is 4.98 Å². The zero-order valence-corrected chi connectivity index (χ0v) is 15.1. The van der Waals surface area contributed by atoms with Crippen LogP contribution in [0.1, 0.15) is 73.4 Å². The maximum absolute atomic E-state index is 10.0. The Morgan fingerprint density at radius 2 is 1.88 bits per heavy atom. The molecule has 2 heterocycles. The van der Waals surface area contributed by atoms with Crippen molar-refractivity contribution in [3.63, 3.8) is 0 Å². The fourth-order valence-electron chi connectivity index (χ4n) is 4.42. The Bertz CT molecular complexity index is 832. The lowest BCUT2D eigenvalue weighted by Gasteiger charge is -2.20. The third kappa shape index (κ3) is 3.16. The van der Waals surface area contributed by atoms with Crippen molar-refractivity contribution < 1.29 is 0 Å². The number of halogens is 1. The Balaban J connectivity index is 1.98. The molecule has 0 bridgehead atoms. The second-order valence-electron chi connectivity index (χ2n) is 7.19. The summed E-state index contributed by atoms with van der Waals surface area (Å²) >= 11 is 6.16. The molecule has 3 nitrogen and oxygen atoms in total. The van der Waals surface area contributed by atoms with Gasteiger partial charge in [0.15, 0.2) is 0 Å². The van der Waals surface area contributed by atoms with E-state index in [4.69, 9.17) is 16.6 Å². The van der Waals surface area contributed by atoms with Crippen molar-refractivity contribution in [2.24, 2.45) is 0 Å². The van der Waals surface area contributed by atoms with E-state index in [0.717, 1.165) is 54.5 Å². The molecule has 0 spiro atoms. The normalized spacial score (nSPS) is 17.8. The van der Waals surface area contributed by atoms with Gasteiger partial charge in [-0.05, 0) is 61.8 Å². The number of nitriles is 1. The SMILES string of the molecule is N#Cc1c(C2CCCC2)nc2c(c1-c1ccnc(Cl)c1)CCCCC2. The maximum Gasteiger partial charge on any atom is 0.129 e. The van der Waals surface area contributed by atoms with Crippen LogP contribution in [0.4, 0.5) is 0 Å². The monoisotopic (exact) mass is 351 g/mol. The predicted molar refractivity (Wildman–Crippen MR) is 99.7 cm³/mol. The van der Waals surface area contributed by atoms with Crippen LogP contribution in [0.5, 0.6) is 0 Å². The average molecular weight is 352 g/mol. The Morgan fingerprint density at radius 1 is 1.08 bits per heavy atom. The van der Waals surface area contributed by atoms with Crippen molar-refractivity contribution in [1.29, 1.82) is 5.26 Å². The summed E-state index contributed by atoms with van der Waals surface area (Å²) in [6.45, 7) is 0. The Labute approximate surface area is 154 Å². The molecule has 1 saturated carbocycles. The molecule has 4 rings (SSSR count). The molecule has 0 unspecified atom stereocenters. The molecule has 0 aliphatic heterocycles. The molecular formula is C21H22ClN3. The van der Waals surface area contributed by atoms with E-state index >= 15 is 0 Å². The Morgan fingerprint density at radius 3 is 2.64 bits per heavy atom. The fraction of sp³-hybridized carbons (Fsp3) is 0.476. The fourth-order valence-corrected chi connectivity index (χ4v) is 4.60. The highest BCUT2D eigenvalue weighted by Crippen LogP contribution is 2.41. The van der Waals surface area contributed by atoms with Gasteiger partial charge in [-0.15, -0.1) is 0 Å². The van der Waals surface area contributed by atoms with E-state index in [1.54, 1.807) is 6.20 Å². The van der Waals surface area contributed by atoms with Crippen LogP contribution >= 0.6 is 11.6 Å². The second kappa shape index (κ2) is 7.14. The topological polar surface area (TPSA) is 49.6 Å². The molecule has 25 heavy (non-hydrogen) atoms. The zero-order valence-electron chi connectivity index (χ0n) is 14.4. The largest absolute Gasteiger partial charge is 0.256 e. The van der Waals surface area contributed by atoms with Crippen LogP contribution in [-0.4, -0.2) is 9.97 Å². The first-order valence-electron chi connectivity index (χ1n) is 9.35. The van der Waals surface area contributed by atoms with Crippen LogP contribution in [-0.2, 0) is 12.8 Å².